The molecule has 0 aromatic heterocycles. The third kappa shape index (κ3) is 4.87. The minimum absolute atomic E-state index is 0.0842. The van der Waals surface area contributed by atoms with Gasteiger partial charge < -0.3 is 5.32 Å². The summed E-state index contributed by atoms with van der Waals surface area (Å²) in [6.07, 6.45) is 1.85. The molecule has 2 aromatic carbocycles. The molecule has 2 aromatic rings. The third-order valence-electron chi connectivity index (χ3n) is 3.26. The Morgan fingerprint density at radius 3 is 2.62 bits per heavy atom. The molecule has 2 rings (SSSR count). The number of aryl methyl sites for hydroxylation is 1. The largest absolute Gasteiger partial charge is 0.350 e. The molecule has 0 aliphatic heterocycles. The van der Waals surface area contributed by atoms with E-state index in [4.69, 9.17) is 11.6 Å². The number of amides is 1. The van der Waals surface area contributed by atoms with Gasteiger partial charge in [0.15, 0.2) is 0 Å². The summed E-state index contributed by atoms with van der Waals surface area (Å²) in [5.41, 5.74) is 1.89. The minimum Gasteiger partial charge on any atom is -0.350 e. The van der Waals surface area contributed by atoms with Gasteiger partial charge in [-0.2, -0.15) is 0 Å². The topological polar surface area (TPSA) is 29.1 Å². The quantitative estimate of drug-likeness (QED) is 0.805. The molecular weight excluding hydrogens is 350 g/mol. The number of rotatable bonds is 5. The van der Waals surface area contributed by atoms with Gasteiger partial charge in [-0.05, 0) is 59.5 Å². The van der Waals surface area contributed by atoms with Gasteiger partial charge in [-0.25, -0.2) is 0 Å². The van der Waals surface area contributed by atoms with E-state index < -0.39 is 0 Å². The van der Waals surface area contributed by atoms with E-state index in [1.54, 1.807) is 18.2 Å². The van der Waals surface area contributed by atoms with Crippen molar-refractivity contribution in [2.45, 2.75) is 25.8 Å². The maximum absolute atomic E-state index is 12.2. The van der Waals surface area contributed by atoms with E-state index in [1.807, 2.05) is 25.1 Å². The van der Waals surface area contributed by atoms with E-state index in [1.165, 1.54) is 5.56 Å². The van der Waals surface area contributed by atoms with Gasteiger partial charge in [0.05, 0.1) is 5.56 Å². The van der Waals surface area contributed by atoms with Gasteiger partial charge in [0.2, 0.25) is 0 Å². The van der Waals surface area contributed by atoms with Crippen LogP contribution in [0.4, 0.5) is 0 Å². The number of halogens is 2. The number of nitrogens with one attached hydrogen (secondary N) is 1. The van der Waals surface area contributed by atoms with Gasteiger partial charge in [0, 0.05) is 15.5 Å². The maximum Gasteiger partial charge on any atom is 0.252 e. The summed E-state index contributed by atoms with van der Waals surface area (Å²) in [4.78, 5) is 12.2. The average Bonchev–Trinajstić information content (AvgIpc) is 2.46. The number of carbonyl (C=O) groups excluding carboxylic acids is 1. The second kappa shape index (κ2) is 7.62. The molecule has 2 nitrogen and oxygen atoms in total. The Morgan fingerprint density at radius 2 is 1.95 bits per heavy atom. The molecule has 0 spiro atoms. The number of carbonyl (C=O) groups is 1. The summed E-state index contributed by atoms with van der Waals surface area (Å²) in [5.74, 6) is -0.0842. The Labute approximate surface area is 138 Å². The third-order valence-corrected chi connectivity index (χ3v) is 4.15. The Morgan fingerprint density at radius 1 is 1.24 bits per heavy atom. The monoisotopic (exact) mass is 365 g/mol. The van der Waals surface area contributed by atoms with Crippen molar-refractivity contribution in [3.05, 3.63) is 69.2 Å². The summed E-state index contributed by atoms with van der Waals surface area (Å²) in [6, 6.07) is 15.6. The molecule has 21 heavy (non-hydrogen) atoms. The number of hydrogen-bond donors (Lipinski definition) is 1. The zero-order chi connectivity index (χ0) is 15.2. The van der Waals surface area contributed by atoms with Gasteiger partial charge in [-0.3, -0.25) is 4.79 Å². The van der Waals surface area contributed by atoms with Crippen LogP contribution in [0.5, 0.6) is 0 Å². The van der Waals surface area contributed by atoms with Crippen LogP contribution in [0.15, 0.2) is 53.0 Å². The Bertz CT molecular complexity index is 615. The summed E-state index contributed by atoms with van der Waals surface area (Å²) >= 11 is 9.25. The number of hydrogen-bond acceptors (Lipinski definition) is 1. The van der Waals surface area contributed by atoms with Crippen LogP contribution in [0.2, 0.25) is 5.02 Å². The van der Waals surface area contributed by atoms with Gasteiger partial charge in [-0.1, -0.05) is 41.9 Å². The van der Waals surface area contributed by atoms with Crippen molar-refractivity contribution in [3.63, 3.8) is 0 Å². The van der Waals surface area contributed by atoms with Crippen molar-refractivity contribution < 1.29 is 4.79 Å². The first-order valence-electron chi connectivity index (χ1n) is 6.86. The summed E-state index contributed by atoms with van der Waals surface area (Å²) < 4.78 is 0.711. The Kier molecular flexibility index (Phi) is 5.83. The predicted octanol–water partition coefficient (Wildman–Crippen LogP) is 4.85. The van der Waals surface area contributed by atoms with Crippen LogP contribution in [0.3, 0.4) is 0 Å². The summed E-state index contributed by atoms with van der Waals surface area (Å²) in [7, 11) is 0. The van der Waals surface area contributed by atoms with Gasteiger partial charge in [0.1, 0.15) is 0 Å². The summed E-state index contributed by atoms with van der Waals surface area (Å²) in [6.45, 7) is 2.02. The molecule has 1 unspecified atom stereocenters. The lowest BCUT2D eigenvalue weighted by molar-refractivity contribution is 0.0937. The molecule has 1 atom stereocenters. The normalized spacial score (nSPS) is 12.0. The van der Waals surface area contributed by atoms with Crippen LogP contribution in [0, 0.1) is 0 Å². The van der Waals surface area contributed by atoms with Crippen LogP contribution < -0.4 is 5.32 Å². The molecule has 4 heteroatoms. The van der Waals surface area contributed by atoms with Crippen LogP contribution in [0.1, 0.15) is 29.3 Å². The smallest absolute Gasteiger partial charge is 0.252 e. The van der Waals surface area contributed by atoms with Crippen molar-refractivity contribution in [2.24, 2.45) is 0 Å². The lowest BCUT2D eigenvalue weighted by Gasteiger charge is -2.14. The first-order valence-corrected chi connectivity index (χ1v) is 8.03. The molecule has 0 aliphatic rings. The second-order valence-corrected chi connectivity index (χ2v) is 6.31. The fraction of sp³-hybridized carbons (Fsp3) is 0.235. The predicted molar refractivity (Wildman–Crippen MR) is 90.8 cm³/mol. The molecule has 1 N–H and O–H groups in total. The molecule has 0 bridgehead atoms. The SMILES string of the molecule is CC(CCc1ccccc1)NC(=O)c1ccc(Cl)cc1Br. The lowest BCUT2D eigenvalue weighted by Crippen LogP contribution is -2.33. The molecule has 110 valence electrons. The fourth-order valence-corrected chi connectivity index (χ4v) is 2.94. The second-order valence-electron chi connectivity index (χ2n) is 5.02. The molecule has 0 fully saturated rings. The van der Waals surface area contributed by atoms with Gasteiger partial charge >= 0.3 is 0 Å². The molecule has 0 heterocycles. The van der Waals surface area contributed by atoms with Gasteiger partial charge in [-0.15, -0.1) is 0 Å². The summed E-state index contributed by atoms with van der Waals surface area (Å²) in [5, 5.41) is 3.62. The molecule has 0 saturated carbocycles. The highest BCUT2D eigenvalue weighted by atomic mass is 79.9. The van der Waals surface area contributed by atoms with Gasteiger partial charge in [0.25, 0.3) is 5.91 Å². The van der Waals surface area contributed by atoms with Crippen molar-refractivity contribution in [1.29, 1.82) is 0 Å². The van der Waals surface area contributed by atoms with E-state index in [0.717, 1.165) is 12.8 Å². The number of benzene rings is 2. The molecular formula is C17H17BrClNO. The highest BCUT2D eigenvalue weighted by Gasteiger charge is 2.13. The van der Waals surface area contributed by atoms with Crippen LogP contribution in [-0.4, -0.2) is 11.9 Å². The van der Waals surface area contributed by atoms with E-state index >= 15 is 0 Å². The first-order chi connectivity index (χ1) is 10.1. The van der Waals surface area contributed by atoms with Crippen molar-refractivity contribution >= 4 is 33.4 Å². The molecule has 0 aliphatic carbocycles. The Hall–Kier alpha value is -1.32. The van der Waals surface area contributed by atoms with Crippen molar-refractivity contribution in [2.75, 3.05) is 0 Å². The van der Waals surface area contributed by atoms with E-state index in [-0.39, 0.29) is 11.9 Å². The highest BCUT2D eigenvalue weighted by Crippen LogP contribution is 2.21. The Balaban J connectivity index is 1.90. The fourth-order valence-electron chi connectivity index (χ4n) is 2.08. The standard InChI is InChI=1S/C17H17BrClNO/c1-12(7-8-13-5-3-2-4-6-13)20-17(21)15-10-9-14(19)11-16(15)18/h2-6,9-12H,7-8H2,1H3,(H,20,21). The molecule has 0 saturated heterocycles. The first kappa shape index (κ1) is 16.1. The average molecular weight is 367 g/mol. The minimum atomic E-state index is -0.0842. The van der Waals surface area contributed by atoms with Crippen molar-refractivity contribution in [3.8, 4) is 0 Å². The highest BCUT2D eigenvalue weighted by molar-refractivity contribution is 9.10. The van der Waals surface area contributed by atoms with Crippen LogP contribution >= 0.6 is 27.5 Å². The maximum atomic E-state index is 12.2. The molecule has 0 radical (unpaired) electrons. The van der Waals surface area contributed by atoms with E-state index in [9.17, 15) is 4.79 Å². The molecule has 1 amide bonds. The van der Waals surface area contributed by atoms with E-state index in [2.05, 4.69) is 33.4 Å². The van der Waals surface area contributed by atoms with Crippen LogP contribution in [0.25, 0.3) is 0 Å². The zero-order valence-corrected chi connectivity index (χ0v) is 14.1. The van der Waals surface area contributed by atoms with E-state index in [0.29, 0.717) is 15.1 Å². The lowest BCUT2D eigenvalue weighted by atomic mass is 10.1. The van der Waals surface area contributed by atoms with Crippen molar-refractivity contribution in [1.82, 2.24) is 5.32 Å². The zero-order valence-electron chi connectivity index (χ0n) is 11.8. The van der Waals surface area contributed by atoms with Crippen LogP contribution in [-0.2, 0) is 6.42 Å².